The predicted molar refractivity (Wildman–Crippen MR) is 387 cm³/mol. The van der Waals surface area contributed by atoms with Crippen LogP contribution < -0.4 is 5.32 Å². The van der Waals surface area contributed by atoms with Crippen LogP contribution in [0.1, 0.15) is 128 Å². The molecule has 0 aromatic carbocycles. The minimum Gasteiger partial charge on any atom is -0.481 e. The van der Waals surface area contributed by atoms with E-state index in [0.717, 1.165) is 116 Å². The molecule has 0 rings (SSSR count). The van der Waals surface area contributed by atoms with Crippen LogP contribution in [0.2, 0.25) is 0 Å². The minimum atomic E-state index is -0.723. The monoisotopic (exact) mass is 1510 g/mol. The maximum absolute atomic E-state index is 13.2. The number of rotatable bonds is 95. The first kappa shape index (κ1) is 101. The van der Waals surface area contributed by atoms with Crippen LogP contribution in [0.15, 0.2) is 5.11 Å². The zero-order valence-corrected chi connectivity index (χ0v) is 63.5. The van der Waals surface area contributed by atoms with E-state index in [1.807, 2.05) is 0 Å². The largest absolute Gasteiger partial charge is 0.481 e. The number of nitrogens with one attached hydrogen (secondary N) is 1. The van der Waals surface area contributed by atoms with Gasteiger partial charge in [0.1, 0.15) is 0 Å². The number of unbranched alkanes of at least 4 members (excludes halogenated alkanes) is 14. The van der Waals surface area contributed by atoms with Crippen molar-refractivity contribution in [1.29, 1.82) is 0 Å². The van der Waals surface area contributed by atoms with E-state index in [4.69, 9.17) is 125 Å². The van der Waals surface area contributed by atoms with E-state index < -0.39 is 11.9 Å². The second-order valence-electron chi connectivity index (χ2n) is 23.5. The van der Waals surface area contributed by atoms with Gasteiger partial charge in [0, 0.05) is 36.8 Å². The molecule has 0 aliphatic heterocycles. The van der Waals surface area contributed by atoms with Crippen molar-refractivity contribution in [2.45, 2.75) is 128 Å². The fourth-order valence-electron chi connectivity index (χ4n) is 9.34. The molecule has 0 unspecified atom stereocenters. The van der Waals surface area contributed by atoms with Crippen LogP contribution in [0.25, 0.3) is 10.4 Å². The lowest BCUT2D eigenvalue weighted by molar-refractivity contribution is -0.138. The minimum absolute atomic E-state index is 0.00288. The normalized spacial score (nSPS) is 11.6. The first-order chi connectivity index (χ1) is 51.5. The summed E-state index contributed by atoms with van der Waals surface area (Å²) in [6.07, 6.45) is 18.9. The highest BCUT2D eigenvalue weighted by Gasteiger charge is 2.18. The highest BCUT2D eigenvalue weighted by molar-refractivity contribution is 5.78. The first-order valence-corrected chi connectivity index (χ1v) is 38.5. The highest BCUT2D eigenvalue weighted by atomic mass is 16.6. The molecule has 0 saturated heterocycles. The molecule has 0 bridgehead atoms. The van der Waals surface area contributed by atoms with E-state index in [2.05, 4.69) is 15.3 Å². The van der Waals surface area contributed by atoms with Crippen molar-refractivity contribution in [3.05, 3.63) is 10.4 Å². The molecular weight excluding hydrogens is 1370 g/mol. The maximum atomic E-state index is 13.2. The van der Waals surface area contributed by atoms with Crippen LogP contribution in [-0.2, 0) is 123 Å². The van der Waals surface area contributed by atoms with E-state index in [-0.39, 0.29) is 24.7 Å². The molecule has 32 heteroatoms. The summed E-state index contributed by atoms with van der Waals surface area (Å²) in [5.41, 5.74) is 8.18. The Bertz CT molecular complexity index is 1730. The van der Waals surface area contributed by atoms with Gasteiger partial charge in [-0.1, -0.05) is 95.0 Å². The van der Waals surface area contributed by atoms with Crippen LogP contribution in [-0.4, -0.2) is 345 Å². The SMILES string of the molecule is [N-]=[N+]=NCCOCCOCCOCCOCCOCCOCCOCCOCCOCCOCCOCCOCCOCCOCCOCCOCCOCCOCCOCCOCCOCCOCCOCCNC(=O)C(CCCCCCCCCCC(=O)O)CCCCCCCCCCC(=O)O. The summed E-state index contributed by atoms with van der Waals surface area (Å²) < 4.78 is 127. The van der Waals surface area contributed by atoms with Crippen LogP contribution in [0, 0.1) is 5.92 Å². The van der Waals surface area contributed by atoms with Crippen molar-refractivity contribution in [2.75, 3.05) is 317 Å². The molecule has 3 N–H and O–H groups in total. The number of carbonyl (C=O) groups excluding carboxylic acids is 1. The fraction of sp³-hybridized carbons (Fsp3) is 0.958. The molecule has 0 atom stereocenters. The predicted octanol–water partition coefficient (Wildman–Crippen LogP) is 7.38. The fourth-order valence-corrected chi connectivity index (χ4v) is 9.34. The molecule has 0 heterocycles. The Labute approximate surface area is 621 Å². The zero-order chi connectivity index (χ0) is 74.8. The molecule has 1 amide bonds. The number of aliphatic carboxylic acids is 2. The lowest BCUT2D eigenvalue weighted by Crippen LogP contribution is -2.33. The van der Waals surface area contributed by atoms with Gasteiger partial charge >= 0.3 is 11.9 Å². The Hall–Kier alpha value is -3.20. The van der Waals surface area contributed by atoms with Gasteiger partial charge in [-0.3, -0.25) is 14.4 Å². The third-order valence-electron chi connectivity index (χ3n) is 14.9. The van der Waals surface area contributed by atoms with Gasteiger partial charge in [0.15, 0.2) is 0 Å². The number of azide groups is 1. The molecule has 0 aromatic rings. The van der Waals surface area contributed by atoms with E-state index in [1.165, 1.54) is 0 Å². The standard InChI is InChI=1S/C72H140N4O28/c73-76-75-22-24-83-26-28-85-30-32-87-34-36-89-38-40-91-42-44-93-46-48-95-50-52-97-54-56-99-58-60-101-62-64-103-66-68-104-67-65-102-63-61-100-59-57-98-55-53-96-51-49-94-47-45-92-43-41-90-39-37-88-35-33-86-31-29-84-27-25-82-23-21-74-72(81)69(17-13-9-5-1-3-7-11-15-19-70(77)78)18-14-10-6-2-4-8-12-16-20-71(79)80/h69H,1-68H2,(H,74,81)(H,77,78)(H,79,80). The number of hydrogen-bond donors (Lipinski definition) is 3. The van der Waals surface area contributed by atoms with Gasteiger partial charge in [-0.15, -0.1) is 0 Å². The molecule has 0 spiro atoms. The van der Waals surface area contributed by atoms with Crippen LogP contribution in [0.4, 0.5) is 0 Å². The molecule has 0 saturated carbocycles. The number of amides is 1. The van der Waals surface area contributed by atoms with Crippen molar-refractivity contribution in [3.8, 4) is 0 Å². The molecular formula is C72H140N4O28. The Morgan fingerprint density at radius 3 is 0.596 bits per heavy atom. The lowest BCUT2D eigenvalue weighted by atomic mass is 9.93. The van der Waals surface area contributed by atoms with Gasteiger partial charge in [-0.25, -0.2) is 0 Å². The second-order valence-corrected chi connectivity index (χ2v) is 23.5. The number of carbonyl (C=O) groups is 3. The average molecular weight is 1510 g/mol. The Morgan fingerprint density at radius 1 is 0.250 bits per heavy atom. The molecule has 616 valence electrons. The molecule has 0 aromatic heterocycles. The third-order valence-corrected chi connectivity index (χ3v) is 14.9. The number of carboxylic acid groups (broad SMARTS) is 2. The Morgan fingerprint density at radius 2 is 0.413 bits per heavy atom. The van der Waals surface area contributed by atoms with E-state index in [1.54, 1.807) is 0 Å². The summed E-state index contributed by atoms with van der Waals surface area (Å²) in [4.78, 5) is 37.2. The smallest absolute Gasteiger partial charge is 0.303 e. The first-order valence-electron chi connectivity index (χ1n) is 38.5. The Kier molecular flexibility index (Phi) is 89.3. The van der Waals surface area contributed by atoms with E-state index in [0.29, 0.717) is 317 Å². The van der Waals surface area contributed by atoms with Gasteiger partial charge in [-0.05, 0) is 31.2 Å². The highest BCUT2D eigenvalue weighted by Crippen LogP contribution is 2.20. The molecule has 0 radical (unpaired) electrons. The lowest BCUT2D eigenvalue weighted by Gasteiger charge is -2.17. The topological polar surface area (TPSA) is 365 Å². The molecule has 104 heavy (non-hydrogen) atoms. The van der Waals surface area contributed by atoms with Crippen molar-refractivity contribution in [1.82, 2.24) is 5.32 Å². The summed E-state index contributed by atoms with van der Waals surface area (Å²) in [6.45, 7) is 22.3. The average Bonchev–Trinajstić information content (AvgIpc) is 1.09. The molecule has 0 aliphatic rings. The van der Waals surface area contributed by atoms with Crippen molar-refractivity contribution >= 4 is 17.8 Å². The van der Waals surface area contributed by atoms with Gasteiger partial charge < -0.3 is 124 Å². The summed E-state index contributed by atoms with van der Waals surface area (Å²) >= 11 is 0. The second kappa shape index (κ2) is 92.2. The number of hydrogen-bond acceptors (Lipinski definition) is 27. The number of ether oxygens (including phenoxy) is 23. The van der Waals surface area contributed by atoms with Gasteiger partial charge in [0.2, 0.25) is 5.91 Å². The Balaban J connectivity index is 3.36. The molecule has 0 fully saturated rings. The number of carboxylic acids is 2. The van der Waals surface area contributed by atoms with Gasteiger partial charge in [-0.2, -0.15) is 0 Å². The van der Waals surface area contributed by atoms with Crippen LogP contribution >= 0.6 is 0 Å². The van der Waals surface area contributed by atoms with Crippen molar-refractivity contribution < 1.29 is 134 Å². The van der Waals surface area contributed by atoms with Crippen LogP contribution in [0.5, 0.6) is 0 Å². The summed E-state index contributed by atoms with van der Waals surface area (Å²) in [5, 5.41) is 24.1. The maximum Gasteiger partial charge on any atom is 0.303 e. The quantitative estimate of drug-likeness (QED) is 0.0231. The molecule has 32 nitrogen and oxygen atoms in total. The summed E-state index contributed by atoms with van der Waals surface area (Å²) in [5.74, 6) is -1.34. The third kappa shape index (κ3) is 91.2. The van der Waals surface area contributed by atoms with Crippen molar-refractivity contribution in [2.24, 2.45) is 11.0 Å². The van der Waals surface area contributed by atoms with E-state index in [9.17, 15) is 14.4 Å². The van der Waals surface area contributed by atoms with Crippen molar-refractivity contribution in [3.63, 3.8) is 0 Å². The summed E-state index contributed by atoms with van der Waals surface area (Å²) in [6, 6.07) is 0. The summed E-state index contributed by atoms with van der Waals surface area (Å²) in [7, 11) is 0. The molecule has 0 aliphatic carbocycles. The van der Waals surface area contributed by atoms with Gasteiger partial charge in [0.05, 0.1) is 304 Å². The number of nitrogens with zero attached hydrogens (tertiary/aromatic N) is 3. The van der Waals surface area contributed by atoms with Gasteiger partial charge in [0.25, 0.3) is 0 Å². The zero-order valence-electron chi connectivity index (χ0n) is 63.5. The van der Waals surface area contributed by atoms with E-state index >= 15 is 0 Å². The van der Waals surface area contributed by atoms with Crippen LogP contribution in [0.3, 0.4) is 0 Å².